The molecule has 5 heteroatoms. The van der Waals surface area contributed by atoms with Crippen LogP contribution in [0.15, 0.2) is 0 Å². The Morgan fingerprint density at radius 2 is 2.11 bits per heavy atom. The zero-order valence-electron chi connectivity index (χ0n) is 11.7. The molecule has 0 spiro atoms. The molecule has 1 unspecified atom stereocenters. The van der Waals surface area contributed by atoms with Gasteiger partial charge in [0, 0.05) is 52.1 Å². The first kappa shape index (κ1) is 15.4. The molecule has 18 heavy (non-hydrogen) atoms. The summed E-state index contributed by atoms with van der Waals surface area (Å²) in [5.41, 5.74) is -0.774. The molecule has 1 saturated heterocycles. The summed E-state index contributed by atoms with van der Waals surface area (Å²) >= 11 is 0. The Labute approximate surface area is 109 Å². The molecule has 0 saturated carbocycles. The maximum Gasteiger partial charge on any atom is 0.223 e. The molecule has 0 bridgehead atoms. The summed E-state index contributed by atoms with van der Waals surface area (Å²) in [5.74, 6) is 0.0726. The number of nitrogens with zero attached hydrogens (tertiary/aromatic N) is 1. The van der Waals surface area contributed by atoms with Crippen LogP contribution in [0.2, 0.25) is 0 Å². The van der Waals surface area contributed by atoms with Gasteiger partial charge in [0.15, 0.2) is 0 Å². The molecule has 106 valence electrons. The number of hydrogen-bond donors (Lipinski definition) is 2. The van der Waals surface area contributed by atoms with E-state index < -0.39 is 5.60 Å². The highest BCUT2D eigenvalue weighted by molar-refractivity contribution is 5.76. The lowest BCUT2D eigenvalue weighted by molar-refractivity contribution is -0.137. The second kappa shape index (κ2) is 7.07. The molecule has 1 aliphatic rings. The van der Waals surface area contributed by atoms with Crippen LogP contribution in [-0.2, 0) is 9.53 Å². The first-order chi connectivity index (χ1) is 8.47. The van der Waals surface area contributed by atoms with Crippen molar-refractivity contribution >= 4 is 5.91 Å². The van der Waals surface area contributed by atoms with E-state index in [4.69, 9.17) is 4.74 Å². The fraction of sp³-hybridized carbons (Fsp3) is 0.923. The van der Waals surface area contributed by atoms with Gasteiger partial charge in [0.1, 0.15) is 0 Å². The second-order valence-corrected chi connectivity index (χ2v) is 5.25. The summed E-state index contributed by atoms with van der Waals surface area (Å²) in [5, 5.41) is 13.6. The van der Waals surface area contributed by atoms with Gasteiger partial charge in [-0.25, -0.2) is 0 Å². The van der Waals surface area contributed by atoms with Crippen LogP contribution in [0, 0.1) is 0 Å². The lowest BCUT2D eigenvalue weighted by atomic mass is 9.94. The van der Waals surface area contributed by atoms with Crippen molar-refractivity contribution in [1.29, 1.82) is 0 Å². The van der Waals surface area contributed by atoms with Crippen LogP contribution < -0.4 is 5.32 Å². The Kier molecular flexibility index (Phi) is 6.05. The van der Waals surface area contributed by atoms with Gasteiger partial charge in [-0.2, -0.15) is 0 Å². The van der Waals surface area contributed by atoms with Gasteiger partial charge in [-0.05, 0) is 13.5 Å². The van der Waals surface area contributed by atoms with Crippen molar-refractivity contribution in [2.75, 3.05) is 33.4 Å². The van der Waals surface area contributed by atoms with Crippen LogP contribution in [0.5, 0.6) is 0 Å². The van der Waals surface area contributed by atoms with Crippen molar-refractivity contribution in [1.82, 2.24) is 10.2 Å². The van der Waals surface area contributed by atoms with Crippen molar-refractivity contribution in [2.24, 2.45) is 0 Å². The van der Waals surface area contributed by atoms with Crippen molar-refractivity contribution in [3.63, 3.8) is 0 Å². The van der Waals surface area contributed by atoms with E-state index in [9.17, 15) is 9.90 Å². The Balaban J connectivity index is 2.38. The molecular formula is C13H26N2O3. The number of ether oxygens (including phenoxy) is 1. The van der Waals surface area contributed by atoms with E-state index in [2.05, 4.69) is 5.32 Å². The van der Waals surface area contributed by atoms with Gasteiger partial charge in [0.25, 0.3) is 0 Å². The standard InChI is InChI=1S/C13H26N2O3/c1-4-14-11(2)9-12(16)15(3)10-13(17)5-7-18-8-6-13/h11,14,17H,4-10H2,1-3H3. The highest BCUT2D eigenvalue weighted by atomic mass is 16.5. The third kappa shape index (κ3) is 4.92. The Bertz CT molecular complexity index is 265. The first-order valence-corrected chi connectivity index (χ1v) is 6.74. The van der Waals surface area contributed by atoms with Crippen molar-refractivity contribution in [3.8, 4) is 0 Å². The number of carbonyl (C=O) groups excluding carboxylic acids is 1. The number of carbonyl (C=O) groups is 1. The van der Waals surface area contributed by atoms with Gasteiger partial charge in [-0.3, -0.25) is 4.79 Å². The average Bonchev–Trinajstić information content (AvgIpc) is 2.29. The molecule has 0 aromatic carbocycles. The molecular weight excluding hydrogens is 232 g/mol. The van der Waals surface area contributed by atoms with E-state index in [1.807, 2.05) is 13.8 Å². The summed E-state index contributed by atoms with van der Waals surface area (Å²) in [7, 11) is 1.76. The van der Waals surface area contributed by atoms with Crippen LogP contribution in [0.3, 0.4) is 0 Å². The Morgan fingerprint density at radius 3 is 2.67 bits per heavy atom. The van der Waals surface area contributed by atoms with E-state index >= 15 is 0 Å². The number of likely N-dealkylation sites (N-methyl/N-ethyl adjacent to an activating group) is 1. The zero-order valence-corrected chi connectivity index (χ0v) is 11.7. The molecule has 1 amide bonds. The molecule has 0 aromatic heterocycles. The quantitative estimate of drug-likeness (QED) is 0.723. The molecule has 1 rings (SSSR count). The summed E-state index contributed by atoms with van der Waals surface area (Å²) in [6.45, 7) is 6.43. The van der Waals surface area contributed by atoms with Gasteiger partial charge >= 0.3 is 0 Å². The summed E-state index contributed by atoms with van der Waals surface area (Å²) in [6.07, 6.45) is 1.68. The molecule has 0 aliphatic carbocycles. The molecule has 1 heterocycles. The van der Waals surface area contributed by atoms with Crippen LogP contribution >= 0.6 is 0 Å². The lowest BCUT2D eigenvalue weighted by Gasteiger charge is -2.35. The predicted molar refractivity (Wildman–Crippen MR) is 70.4 cm³/mol. The van der Waals surface area contributed by atoms with E-state index in [1.54, 1.807) is 11.9 Å². The van der Waals surface area contributed by atoms with Gasteiger partial charge in [-0.15, -0.1) is 0 Å². The van der Waals surface area contributed by atoms with E-state index in [0.717, 1.165) is 6.54 Å². The van der Waals surface area contributed by atoms with Gasteiger partial charge in [0.2, 0.25) is 5.91 Å². The van der Waals surface area contributed by atoms with Crippen LogP contribution in [0.1, 0.15) is 33.1 Å². The molecule has 0 aromatic rings. The van der Waals surface area contributed by atoms with Crippen LogP contribution in [0.4, 0.5) is 0 Å². The maximum absolute atomic E-state index is 12.0. The van der Waals surface area contributed by atoms with Gasteiger partial charge in [0.05, 0.1) is 5.60 Å². The Hall–Kier alpha value is -0.650. The normalized spacial score (nSPS) is 20.4. The van der Waals surface area contributed by atoms with E-state index in [0.29, 0.717) is 39.0 Å². The minimum absolute atomic E-state index is 0.0726. The van der Waals surface area contributed by atoms with E-state index in [-0.39, 0.29) is 11.9 Å². The summed E-state index contributed by atoms with van der Waals surface area (Å²) in [4.78, 5) is 13.6. The summed E-state index contributed by atoms with van der Waals surface area (Å²) < 4.78 is 5.23. The highest BCUT2D eigenvalue weighted by Gasteiger charge is 2.32. The topological polar surface area (TPSA) is 61.8 Å². The predicted octanol–water partition coefficient (Wildman–Crippen LogP) is 0.374. The van der Waals surface area contributed by atoms with Crippen molar-refractivity contribution < 1.29 is 14.6 Å². The monoisotopic (exact) mass is 258 g/mol. The highest BCUT2D eigenvalue weighted by Crippen LogP contribution is 2.21. The number of rotatable bonds is 6. The average molecular weight is 258 g/mol. The summed E-state index contributed by atoms with van der Waals surface area (Å²) in [6, 6.07) is 0.175. The molecule has 5 nitrogen and oxygen atoms in total. The largest absolute Gasteiger partial charge is 0.388 e. The minimum atomic E-state index is -0.774. The van der Waals surface area contributed by atoms with Gasteiger partial charge < -0.3 is 20.1 Å². The number of hydrogen-bond acceptors (Lipinski definition) is 4. The van der Waals surface area contributed by atoms with Crippen molar-refractivity contribution in [2.45, 2.75) is 44.8 Å². The molecule has 0 radical (unpaired) electrons. The number of amides is 1. The molecule has 1 fully saturated rings. The molecule has 1 atom stereocenters. The second-order valence-electron chi connectivity index (χ2n) is 5.25. The molecule has 2 N–H and O–H groups in total. The van der Waals surface area contributed by atoms with Crippen LogP contribution in [0.25, 0.3) is 0 Å². The van der Waals surface area contributed by atoms with Crippen molar-refractivity contribution in [3.05, 3.63) is 0 Å². The maximum atomic E-state index is 12.0. The number of aliphatic hydroxyl groups is 1. The smallest absolute Gasteiger partial charge is 0.223 e. The fourth-order valence-corrected chi connectivity index (χ4v) is 2.28. The lowest BCUT2D eigenvalue weighted by Crippen LogP contribution is -2.48. The van der Waals surface area contributed by atoms with Crippen LogP contribution in [-0.4, -0.2) is 60.9 Å². The Morgan fingerprint density at radius 1 is 1.50 bits per heavy atom. The van der Waals surface area contributed by atoms with Gasteiger partial charge in [-0.1, -0.05) is 6.92 Å². The first-order valence-electron chi connectivity index (χ1n) is 6.74. The minimum Gasteiger partial charge on any atom is -0.388 e. The fourth-order valence-electron chi connectivity index (χ4n) is 2.28. The molecule has 1 aliphatic heterocycles. The zero-order chi connectivity index (χ0) is 13.6. The number of nitrogens with one attached hydrogen (secondary N) is 1. The van der Waals surface area contributed by atoms with E-state index in [1.165, 1.54) is 0 Å². The third-order valence-corrected chi connectivity index (χ3v) is 3.41. The SMILES string of the molecule is CCNC(C)CC(=O)N(C)CC1(O)CCOCC1. The third-order valence-electron chi connectivity index (χ3n) is 3.41.